The van der Waals surface area contributed by atoms with Crippen molar-refractivity contribution in [1.29, 1.82) is 0 Å². The molecule has 6 heteroatoms. The van der Waals surface area contributed by atoms with E-state index in [1.807, 2.05) is 36.4 Å². The Balaban J connectivity index is 1.55. The first kappa shape index (κ1) is 19.6. The van der Waals surface area contributed by atoms with Crippen LogP contribution in [-0.2, 0) is 16.1 Å². The first-order chi connectivity index (χ1) is 13.0. The summed E-state index contributed by atoms with van der Waals surface area (Å²) in [5.41, 5.74) is 3.69. The second-order valence-electron chi connectivity index (χ2n) is 7.38. The van der Waals surface area contributed by atoms with Gasteiger partial charge >= 0.3 is 5.97 Å². The highest BCUT2D eigenvalue weighted by molar-refractivity contribution is 5.66. The summed E-state index contributed by atoms with van der Waals surface area (Å²) < 4.78 is 0. The Morgan fingerprint density at radius 1 is 1.33 bits per heavy atom. The quantitative estimate of drug-likeness (QED) is 0.301. The number of allylic oxidation sites excluding steroid dienone is 1. The van der Waals surface area contributed by atoms with Crippen LogP contribution in [0.5, 0.6) is 0 Å². The maximum Gasteiger partial charge on any atom is 0.305 e. The van der Waals surface area contributed by atoms with Crippen LogP contribution in [0.1, 0.15) is 31.2 Å². The standard InChI is InChI=1S/C21H27NO5/c23-19(12-15-4-2-1-3-5-15)9-8-16-6-7-17-13-18(14-21(16,17)26)22-27-11-10-20(24)25/h1-5,8-9,14,16-17,19,22-23,26H,6-7,10-13H2,(H,24,25)/t16-,17+,19?,21+/m0/s1. The Morgan fingerprint density at radius 2 is 2.11 bits per heavy atom. The zero-order valence-electron chi connectivity index (χ0n) is 15.3. The molecular formula is C21H27NO5. The summed E-state index contributed by atoms with van der Waals surface area (Å²) in [7, 11) is 0. The van der Waals surface area contributed by atoms with E-state index in [-0.39, 0.29) is 24.9 Å². The zero-order valence-corrected chi connectivity index (χ0v) is 15.3. The van der Waals surface area contributed by atoms with E-state index in [2.05, 4.69) is 5.48 Å². The fraction of sp³-hybridized carbons (Fsp3) is 0.476. The highest BCUT2D eigenvalue weighted by Gasteiger charge is 2.50. The molecule has 0 aliphatic heterocycles. The number of rotatable bonds is 9. The van der Waals surface area contributed by atoms with Crippen molar-refractivity contribution in [2.45, 2.75) is 43.8 Å². The number of carboxylic acids is 1. The van der Waals surface area contributed by atoms with Gasteiger partial charge in [-0.1, -0.05) is 42.5 Å². The molecule has 1 aromatic rings. The van der Waals surface area contributed by atoms with Crippen molar-refractivity contribution in [2.75, 3.05) is 6.61 Å². The van der Waals surface area contributed by atoms with Gasteiger partial charge in [0.1, 0.15) is 0 Å². The second kappa shape index (κ2) is 8.69. The van der Waals surface area contributed by atoms with Gasteiger partial charge in [0.2, 0.25) is 0 Å². The summed E-state index contributed by atoms with van der Waals surface area (Å²) in [6, 6.07) is 9.82. The van der Waals surface area contributed by atoms with Crippen molar-refractivity contribution >= 4 is 5.97 Å². The molecule has 146 valence electrons. The molecule has 1 fully saturated rings. The number of carbonyl (C=O) groups is 1. The predicted octanol–water partition coefficient (Wildman–Crippen LogP) is 2.19. The lowest BCUT2D eigenvalue weighted by atomic mass is 9.86. The molecule has 0 radical (unpaired) electrons. The van der Waals surface area contributed by atoms with Gasteiger partial charge in [0.15, 0.2) is 0 Å². The summed E-state index contributed by atoms with van der Waals surface area (Å²) >= 11 is 0. The van der Waals surface area contributed by atoms with E-state index in [0.717, 1.165) is 24.1 Å². The van der Waals surface area contributed by atoms with E-state index in [1.54, 1.807) is 12.2 Å². The van der Waals surface area contributed by atoms with Gasteiger partial charge in [0.25, 0.3) is 0 Å². The Kier molecular flexibility index (Phi) is 6.31. The number of fused-ring (bicyclic) bond motifs is 1. The molecule has 6 nitrogen and oxygen atoms in total. The van der Waals surface area contributed by atoms with Crippen LogP contribution in [0.15, 0.2) is 54.3 Å². The number of hydrogen-bond acceptors (Lipinski definition) is 5. The van der Waals surface area contributed by atoms with Gasteiger partial charge in [-0.15, -0.1) is 0 Å². The average Bonchev–Trinajstić information content (AvgIpc) is 3.10. The first-order valence-electron chi connectivity index (χ1n) is 9.41. The number of nitrogens with one attached hydrogen (secondary N) is 1. The van der Waals surface area contributed by atoms with Gasteiger partial charge in [-0.05, 0) is 36.8 Å². The molecule has 1 unspecified atom stereocenters. The Bertz CT molecular complexity index is 702. The summed E-state index contributed by atoms with van der Waals surface area (Å²) in [4.78, 5) is 15.7. The number of hydroxylamine groups is 1. The van der Waals surface area contributed by atoms with Crippen molar-refractivity contribution in [1.82, 2.24) is 5.48 Å². The van der Waals surface area contributed by atoms with Crippen molar-refractivity contribution in [3.8, 4) is 0 Å². The normalized spacial score (nSPS) is 28.1. The zero-order chi connectivity index (χ0) is 19.3. The number of benzene rings is 1. The van der Waals surface area contributed by atoms with Crippen LogP contribution in [0.3, 0.4) is 0 Å². The molecule has 2 aliphatic rings. The van der Waals surface area contributed by atoms with Crippen molar-refractivity contribution in [3.63, 3.8) is 0 Å². The van der Waals surface area contributed by atoms with Gasteiger partial charge in [0.05, 0.1) is 24.7 Å². The molecule has 3 rings (SSSR count). The lowest BCUT2D eigenvalue weighted by Crippen LogP contribution is -2.33. The summed E-state index contributed by atoms with van der Waals surface area (Å²) in [5.74, 6) is -0.845. The van der Waals surface area contributed by atoms with Gasteiger partial charge in [-0.3, -0.25) is 15.1 Å². The monoisotopic (exact) mass is 373 g/mol. The first-order valence-corrected chi connectivity index (χ1v) is 9.41. The molecule has 4 atom stereocenters. The third-order valence-electron chi connectivity index (χ3n) is 5.42. The van der Waals surface area contributed by atoms with E-state index >= 15 is 0 Å². The molecule has 27 heavy (non-hydrogen) atoms. The van der Waals surface area contributed by atoms with Crippen LogP contribution >= 0.6 is 0 Å². The van der Waals surface area contributed by atoms with E-state index in [9.17, 15) is 15.0 Å². The van der Waals surface area contributed by atoms with Gasteiger partial charge in [-0.2, -0.15) is 0 Å². The molecule has 0 saturated heterocycles. The largest absolute Gasteiger partial charge is 0.481 e. The fourth-order valence-corrected chi connectivity index (χ4v) is 4.03. The summed E-state index contributed by atoms with van der Waals surface area (Å²) in [6.45, 7) is 0.0742. The van der Waals surface area contributed by atoms with Crippen LogP contribution in [-0.4, -0.2) is 39.6 Å². The highest BCUT2D eigenvalue weighted by atomic mass is 16.6. The molecule has 2 aliphatic carbocycles. The molecule has 1 saturated carbocycles. The molecule has 0 spiro atoms. The Morgan fingerprint density at radius 3 is 2.85 bits per heavy atom. The molecule has 1 aromatic carbocycles. The third kappa shape index (κ3) is 4.97. The lowest BCUT2D eigenvalue weighted by molar-refractivity contribution is -0.138. The summed E-state index contributed by atoms with van der Waals surface area (Å²) in [6.07, 6.45) is 7.85. The van der Waals surface area contributed by atoms with Crippen LogP contribution in [0.25, 0.3) is 0 Å². The molecule has 0 bridgehead atoms. The number of hydrogen-bond donors (Lipinski definition) is 4. The highest BCUT2D eigenvalue weighted by Crippen LogP contribution is 2.49. The molecule has 0 amide bonds. The van der Waals surface area contributed by atoms with Gasteiger partial charge in [-0.25, -0.2) is 0 Å². The van der Waals surface area contributed by atoms with Crippen LogP contribution in [0.2, 0.25) is 0 Å². The third-order valence-corrected chi connectivity index (χ3v) is 5.42. The minimum absolute atomic E-state index is 0.0498. The van der Waals surface area contributed by atoms with Gasteiger partial charge < -0.3 is 15.3 Å². The smallest absolute Gasteiger partial charge is 0.305 e. The number of aliphatic hydroxyl groups is 2. The van der Waals surface area contributed by atoms with E-state index in [0.29, 0.717) is 12.8 Å². The SMILES string of the molecule is O=C(O)CCONC1=C[C@]2(O)[C@H](CC[C@H]2C=CC(O)Cc2ccccc2)C1. The Labute approximate surface area is 159 Å². The van der Waals surface area contributed by atoms with Gasteiger partial charge in [0, 0.05) is 18.0 Å². The number of aliphatic carboxylic acids is 1. The summed E-state index contributed by atoms with van der Waals surface area (Å²) in [5, 5.41) is 30.0. The average molecular weight is 373 g/mol. The minimum Gasteiger partial charge on any atom is -0.481 e. The van der Waals surface area contributed by atoms with Crippen molar-refractivity contribution < 1.29 is 25.0 Å². The van der Waals surface area contributed by atoms with Crippen LogP contribution in [0.4, 0.5) is 0 Å². The van der Waals surface area contributed by atoms with Crippen molar-refractivity contribution in [3.05, 3.63) is 59.8 Å². The minimum atomic E-state index is -0.943. The fourth-order valence-electron chi connectivity index (χ4n) is 4.03. The maximum atomic E-state index is 11.1. The Hall–Kier alpha value is -2.15. The van der Waals surface area contributed by atoms with Crippen LogP contribution < -0.4 is 5.48 Å². The van der Waals surface area contributed by atoms with Crippen molar-refractivity contribution in [2.24, 2.45) is 11.8 Å². The lowest BCUT2D eigenvalue weighted by Gasteiger charge is -2.26. The second-order valence-corrected chi connectivity index (χ2v) is 7.38. The van der Waals surface area contributed by atoms with E-state index in [1.165, 1.54) is 0 Å². The topological polar surface area (TPSA) is 99.0 Å². The molecule has 4 N–H and O–H groups in total. The molecular weight excluding hydrogens is 346 g/mol. The number of carboxylic acid groups (broad SMARTS) is 1. The maximum absolute atomic E-state index is 11.1. The van der Waals surface area contributed by atoms with Crippen LogP contribution in [0, 0.1) is 11.8 Å². The number of aliphatic hydroxyl groups excluding tert-OH is 1. The van der Waals surface area contributed by atoms with E-state index in [4.69, 9.17) is 9.94 Å². The predicted molar refractivity (Wildman–Crippen MR) is 100 cm³/mol. The van der Waals surface area contributed by atoms with E-state index < -0.39 is 17.7 Å². The molecule has 0 aromatic heterocycles. The molecule has 0 heterocycles.